The molecule has 0 bridgehead atoms. The van der Waals surface area contributed by atoms with Gasteiger partial charge >= 0.3 is 0 Å². The van der Waals surface area contributed by atoms with Crippen LogP contribution in [0.3, 0.4) is 0 Å². The molecule has 6 aromatic rings. The number of allylic oxidation sites excluding steroid dienone is 2. The van der Waals surface area contributed by atoms with Gasteiger partial charge in [-0.05, 0) is 98.8 Å². The first kappa shape index (κ1) is 24.0. The molecule has 0 spiro atoms. The second kappa shape index (κ2) is 10.6. The van der Waals surface area contributed by atoms with Gasteiger partial charge in [-0.2, -0.15) is 0 Å². The van der Waals surface area contributed by atoms with Crippen molar-refractivity contribution in [2.24, 2.45) is 0 Å². The molecule has 0 amide bonds. The maximum atomic E-state index is 2.28. The smallest absolute Gasteiger partial charge is 0.0449 e. The molecule has 0 aliphatic rings. The van der Waals surface area contributed by atoms with E-state index in [4.69, 9.17) is 0 Å². The van der Waals surface area contributed by atoms with Gasteiger partial charge in [0.25, 0.3) is 0 Å². The van der Waals surface area contributed by atoms with E-state index in [1.807, 2.05) is 68.0 Å². The first-order valence-electron chi connectivity index (χ1n) is 11.6. The van der Waals surface area contributed by atoms with E-state index < -0.39 is 0 Å². The second-order valence-corrected chi connectivity index (χ2v) is 14.6. The number of rotatable bonds is 7. The third-order valence-electron chi connectivity index (χ3n) is 5.55. The van der Waals surface area contributed by atoms with Crippen molar-refractivity contribution >= 4 is 80.2 Å². The zero-order valence-corrected chi connectivity index (χ0v) is 24.6. The fourth-order valence-corrected chi connectivity index (χ4v) is 10.3. The Morgan fingerprint density at radius 3 is 0.806 bits per heavy atom. The van der Waals surface area contributed by atoms with Crippen molar-refractivity contribution < 1.29 is 0 Å². The van der Waals surface area contributed by atoms with E-state index in [1.54, 1.807) is 0 Å². The maximum Gasteiger partial charge on any atom is 0.0449 e. The molecule has 0 unspecified atom stereocenters. The normalized spacial score (nSPS) is 11.9. The monoisotopic (exact) mass is 574 g/mol. The molecular formula is C30H22S6. The summed E-state index contributed by atoms with van der Waals surface area (Å²) >= 11 is 11.3. The Labute approximate surface area is 235 Å². The highest BCUT2D eigenvalue weighted by molar-refractivity contribution is 7.30. The minimum atomic E-state index is 1.31. The molecule has 6 heterocycles. The van der Waals surface area contributed by atoms with Crippen molar-refractivity contribution in [2.75, 3.05) is 0 Å². The Morgan fingerprint density at radius 1 is 0.333 bits per heavy atom. The highest BCUT2D eigenvalue weighted by atomic mass is 32.1. The third kappa shape index (κ3) is 4.94. The zero-order chi connectivity index (χ0) is 24.5. The van der Waals surface area contributed by atoms with E-state index in [9.17, 15) is 0 Å². The summed E-state index contributed by atoms with van der Waals surface area (Å²) in [6.07, 6.45) is 8.54. The predicted molar refractivity (Wildman–Crippen MR) is 170 cm³/mol. The Hall–Kier alpha value is -2.32. The van der Waals surface area contributed by atoms with Crippen molar-refractivity contribution in [1.29, 1.82) is 0 Å². The topological polar surface area (TPSA) is 0 Å². The fraction of sp³-hybridized carbons (Fsp3) is 0.0667. The van der Waals surface area contributed by atoms with Crippen molar-refractivity contribution in [2.45, 2.75) is 13.8 Å². The van der Waals surface area contributed by atoms with Crippen molar-refractivity contribution in [3.05, 3.63) is 94.7 Å². The second-order valence-electron chi connectivity index (χ2n) is 8.06. The van der Waals surface area contributed by atoms with Crippen molar-refractivity contribution in [3.63, 3.8) is 0 Å². The van der Waals surface area contributed by atoms with Crippen LogP contribution in [0.4, 0.5) is 0 Å². The van der Waals surface area contributed by atoms with E-state index in [-0.39, 0.29) is 0 Å². The molecule has 0 atom stereocenters. The highest BCUT2D eigenvalue weighted by Gasteiger charge is 2.13. The standard InChI is InChI=1S/C30H22S6/c1-3-5-19-7-9-21(31-19)23-11-13-25(33-23)27-15-17-29(35-27)30-18-16-28(36-30)26-14-12-24(34-26)22-10-8-20(32-22)6-4-2/h3-18H,1-2H3/b5-3-,6-4-. The summed E-state index contributed by atoms with van der Waals surface area (Å²) in [6, 6.07) is 27.0. The Kier molecular flexibility index (Phi) is 7.07. The van der Waals surface area contributed by atoms with Gasteiger partial charge in [0.2, 0.25) is 0 Å². The van der Waals surface area contributed by atoms with Gasteiger partial charge in [-0.15, -0.1) is 68.0 Å². The maximum absolute atomic E-state index is 2.28. The van der Waals surface area contributed by atoms with Gasteiger partial charge in [-0.25, -0.2) is 0 Å². The molecule has 6 heteroatoms. The molecule has 0 aromatic carbocycles. The van der Waals surface area contributed by atoms with Gasteiger partial charge in [0, 0.05) is 58.5 Å². The number of thiophene rings is 6. The Morgan fingerprint density at radius 2 is 0.556 bits per heavy atom. The summed E-state index contributed by atoms with van der Waals surface area (Å²) in [6.45, 7) is 4.13. The third-order valence-corrected chi connectivity index (χ3v) is 13.0. The summed E-state index contributed by atoms with van der Waals surface area (Å²) in [5, 5.41) is 0. The van der Waals surface area contributed by atoms with Gasteiger partial charge in [-0.1, -0.05) is 12.2 Å². The lowest BCUT2D eigenvalue weighted by molar-refractivity contribution is 1.78. The number of hydrogen-bond donors (Lipinski definition) is 0. The number of hydrogen-bond acceptors (Lipinski definition) is 6. The SMILES string of the molecule is C/C=C\c1ccc(-c2ccc(-c3ccc(-c4ccc(-c5ccc(-c6ccc(/C=C\C)s6)s5)s4)s3)s2)s1. The van der Waals surface area contributed by atoms with E-state index in [2.05, 4.69) is 111 Å². The molecular weight excluding hydrogens is 553 g/mol. The van der Waals surface area contributed by atoms with E-state index in [0.29, 0.717) is 0 Å². The zero-order valence-electron chi connectivity index (χ0n) is 19.7. The van der Waals surface area contributed by atoms with Crippen LogP contribution >= 0.6 is 68.0 Å². The summed E-state index contributed by atoms with van der Waals surface area (Å²) in [5.41, 5.74) is 0. The molecule has 178 valence electrons. The van der Waals surface area contributed by atoms with Crippen LogP contribution in [0.2, 0.25) is 0 Å². The molecule has 0 radical (unpaired) electrons. The lowest BCUT2D eigenvalue weighted by Gasteiger charge is -1.93. The van der Waals surface area contributed by atoms with Gasteiger partial charge < -0.3 is 0 Å². The first-order valence-corrected chi connectivity index (χ1v) is 16.5. The summed E-state index contributed by atoms with van der Waals surface area (Å²) in [5.74, 6) is 0. The Balaban J connectivity index is 1.20. The molecule has 0 saturated carbocycles. The summed E-state index contributed by atoms with van der Waals surface area (Å²) in [4.78, 5) is 16.0. The molecule has 36 heavy (non-hydrogen) atoms. The van der Waals surface area contributed by atoms with Crippen LogP contribution < -0.4 is 0 Å². The van der Waals surface area contributed by atoms with Gasteiger partial charge in [0.1, 0.15) is 0 Å². The lowest BCUT2D eigenvalue weighted by Crippen LogP contribution is -1.58. The predicted octanol–water partition coefficient (Wildman–Crippen LogP) is 12.5. The molecule has 0 saturated heterocycles. The summed E-state index contributed by atoms with van der Waals surface area (Å²) in [7, 11) is 0. The minimum Gasteiger partial charge on any atom is -0.135 e. The minimum absolute atomic E-state index is 1.31. The average molecular weight is 575 g/mol. The van der Waals surface area contributed by atoms with Crippen LogP contribution in [0.5, 0.6) is 0 Å². The van der Waals surface area contributed by atoms with Crippen LogP contribution in [0.1, 0.15) is 23.6 Å². The molecule has 0 aliphatic heterocycles. The quantitative estimate of drug-likeness (QED) is 0.178. The van der Waals surface area contributed by atoms with Crippen molar-refractivity contribution in [1.82, 2.24) is 0 Å². The van der Waals surface area contributed by atoms with Crippen LogP contribution in [0.25, 0.3) is 60.9 Å². The average Bonchev–Trinajstić information content (AvgIpc) is 3.71. The van der Waals surface area contributed by atoms with Crippen LogP contribution in [0, 0.1) is 0 Å². The molecule has 0 aliphatic carbocycles. The first-order chi connectivity index (χ1) is 17.7. The van der Waals surface area contributed by atoms with Crippen molar-refractivity contribution in [3.8, 4) is 48.8 Å². The molecule has 6 rings (SSSR count). The highest BCUT2D eigenvalue weighted by Crippen LogP contribution is 2.45. The summed E-state index contributed by atoms with van der Waals surface area (Å²) < 4.78 is 0. The van der Waals surface area contributed by atoms with Gasteiger partial charge in [-0.3, -0.25) is 0 Å². The fourth-order valence-electron chi connectivity index (χ4n) is 3.89. The molecule has 6 aromatic heterocycles. The lowest BCUT2D eigenvalue weighted by atomic mass is 10.3. The van der Waals surface area contributed by atoms with E-state index in [1.165, 1.54) is 58.5 Å². The molecule has 0 N–H and O–H groups in total. The van der Waals surface area contributed by atoms with E-state index in [0.717, 1.165) is 0 Å². The molecule has 0 fully saturated rings. The molecule has 0 nitrogen and oxygen atoms in total. The van der Waals surface area contributed by atoms with Crippen LogP contribution in [-0.4, -0.2) is 0 Å². The van der Waals surface area contributed by atoms with Crippen LogP contribution in [-0.2, 0) is 0 Å². The van der Waals surface area contributed by atoms with Gasteiger partial charge in [0.15, 0.2) is 0 Å². The van der Waals surface area contributed by atoms with E-state index >= 15 is 0 Å². The van der Waals surface area contributed by atoms with Crippen LogP contribution in [0.15, 0.2) is 84.9 Å². The van der Waals surface area contributed by atoms with Gasteiger partial charge in [0.05, 0.1) is 0 Å². The Bertz CT molecular complexity index is 1540. The largest absolute Gasteiger partial charge is 0.135 e.